The zero-order chi connectivity index (χ0) is 14.6. The van der Waals surface area contributed by atoms with Gasteiger partial charge in [0, 0.05) is 19.1 Å². The molecule has 0 bridgehead atoms. The Balaban J connectivity index is 2.16. The third-order valence-corrected chi connectivity index (χ3v) is 5.88. The lowest BCUT2D eigenvalue weighted by Crippen LogP contribution is -2.38. The van der Waals surface area contributed by atoms with Gasteiger partial charge < -0.3 is 5.73 Å². The Labute approximate surface area is 122 Å². The van der Waals surface area contributed by atoms with Crippen molar-refractivity contribution in [1.29, 1.82) is 0 Å². The molecule has 1 aliphatic heterocycles. The van der Waals surface area contributed by atoms with Crippen molar-refractivity contribution in [2.24, 2.45) is 5.73 Å². The van der Waals surface area contributed by atoms with Crippen molar-refractivity contribution in [2.75, 3.05) is 6.54 Å². The fourth-order valence-corrected chi connectivity index (χ4v) is 4.63. The molecule has 1 unspecified atom stereocenters. The van der Waals surface area contributed by atoms with E-state index in [2.05, 4.69) is 0 Å². The molecule has 20 heavy (non-hydrogen) atoms. The highest BCUT2D eigenvalue weighted by molar-refractivity contribution is 7.88. The normalized spacial score (nSPS) is 21.6. The molecule has 0 saturated carbocycles. The average Bonchev–Trinajstić information content (AvgIpc) is 2.63. The third kappa shape index (κ3) is 3.81. The van der Waals surface area contributed by atoms with Gasteiger partial charge in [-0.1, -0.05) is 37.1 Å². The molecule has 0 aromatic heterocycles. The molecular formula is C15H24N2O2S. The first-order chi connectivity index (χ1) is 9.53. The smallest absolute Gasteiger partial charge is 0.218 e. The molecule has 0 aliphatic carbocycles. The van der Waals surface area contributed by atoms with E-state index in [1.165, 1.54) is 0 Å². The number of hydrogen-bond donors (Lipinski definition) is 1. The lowest BCUT2D eigenvalue weighted by Gasteiger charge is -2.26. The Bertz CT molecular complexity index is 543. The highest BCUT2D eigenvalue weighted by Crippen LogP contribution is 2.22. The Morgan fingerprint density at radius 3 is 2.75 bits per heavy atom. The van der Waals surface area contributed by atoms with E-state index < -0.39 is 10.0 Å². The maximum absolute atomic E-state index is 12.6. The van der Waals surface area contributed by atoms with Gasteiger partial charge >= 0.3 is 0 Å². The summed E-state index contributed by atoms with van der Waals surface area (Å²) in [5, 5.41) is 0. The van der Waals surface area contributed by atoms with Crippen molar-refractivity contribution in [3.8, 4) is 0 Å². The highest BCUT2D eigenvalue weighted by Gasteiger charge is 2.28. The third-order valence-electron chi connectivity index (χ3n) is 3.93. The minimum atomic E-state index is -3.24. The molecule has 1 fully saturated rings. The first kappa shape index (κ1) is 15.5. The first-order valence-electron chi connectivity index (χ1n) is 7.30. The van der Waals surface area contributed by atoms with E-state index in [0.717, 1.165) is 36.8 Å². The summed E-state index contributed by atoms with van der Waals surface area (Å²) in [4.78, 5) is 0. The second kappa shape index (κ2) is 6.70. The van der Waals surface area contributed by atoms with Gasteiger partial charge in [-0.2, -0.15) is 4.31 Å². The van der Waals surface area contributed by atoms with Crippen LogP contribution in [0.2, 0.25) is 0 Å². The van der Waals surface area contributed by atoms with E-state index in [4.69, 9.17) is 5.73 Å². The number of benzene rings is 1. The van der Waals surface area contributed by atoms with Gasteiger partial charge in [0.1, 0.15) is 0 Å². The van der Waals surface area contributed by atoms with Crippen molar-refractivity contribution in [2.45, 2.75) is 50.9 Å². The number of hydrogen-bond acceptors (Lipinski definition) is 3. The van der Waals surface area contributed by atoms with Crippen molar-refractivity contribution in [3.63, 3.8) is 0 Å². The summed E-state index contributed by atoms with van der Waals surface area (Å²) in [6.07, 6.45) is 4.17. The van der Waals surface area contributed by atoms with Gasteiger partial charge in [0.2, 0.25) is 10.0 Å². The largest absolute Gasteiger partial charge is 0.326 e. The minimum absolute atomic E-state index is 0.0746. The fourth-order valence-electron chi connectivity index (χ4n) is 2.80. The molecule has 5 heteroatoms. The molecule has 1 saturated heterocycles. The van der Waals surface area contributed by atoms with E-state index in [9.17, 15) is 8.42 Å². The van der Waals surface area contributed by atoms with E-state index in [0.29, 0.717) is 13.1 Å². The van der Waals surface area contributed by atoms with Gasteiger partial charge in [-0.25, -0.2) is 8.42 Å². The van der Waals surface area contributed by atoms with Crippen LogP contribution in [0.4, 0.5) is 0 Å². The van der Waals surface area contributed by atoms with E-state index in [-0.39, 0.29) is 11.8 Å². The second-order valence-corrected chi connectivity index (χ2v) is 7.51. The molecule has 1 aromatic rings. The topological polar surface area (TPSA) is 63.4 Å². The minimum Gasteiger partial charge on any atom is -0.326 e. The molecule has 0 spiro atoms. The zero-order valence-electron chi connectivity index (χ0n) is 12.1. The summed E-state index contributed by atoms with van der Waals surface area (Å²) in [6.45, 7) is 3.10. The van der Waals surface area contributed by atoms with Gasteiger partial charge in [-0.15, -0.1) is 0 Å². The molecule has 1 aromatic carbocycles. The summed E-state index contributed by atoms with van der Waals surface area (Å²) in [7, 11) is -3.24. The molecule has 112 valence electrons. The molecule has 2 rings (SSSR count). The Morgan fingerprint density at radius 1 is 1.25 bits per heavy atom. The van der Waals surface area contributed by atoms with Gasteiger partial charge in [-0.05, 0) is 30.9 Å². The van der Waals surface area contributed by atoms with Gasteiger partial charge in [0.05, 0.1) is 5.75 Å². The quantitative estimate of drug-likeness (QED) is 0.927. The van der Waals surface area contributed by atoms with Gasteiger partial charge in [-0.3, -0.25) is 0 Å². The maximum Gasteiger partial charge on any atom is 0.218 e. The summed E-state index contributed by atoms with van der Waals surface area (Å²) < 4.78 is 26.9. The summed E-state index contributed by atoms with van der Waals surface area (Å²) in [6, 6.07) is 7.66. The Hall–Kier alpha value is -0.910. The van der Waals surface area contributed by atoms with Gasteiger partial charge in [0.25, 0.3) is 0 Å². The maximum atomic E-state index is 12.6. The van der Waals surface area contributed by atoms with Crippen molar-refractivity contribution in [3.05, 3.63) is 35.4 Å². The van der Waals surface area contributed by atoms with Crippen molar-refractivity contribution < 1.29 is 8.42 Å². The predicted molar refractivity (Wildman–Crippen MR) is 81.6 cm³/mol. The number of nitrogens with zero attached hydrogens (tertiary/aromatic N) is 1. The second-order valence-electron chi connectivity index (χ2n) is 5.59. The molecule has 0 radical (unpaired) electrons. The molecule has 2 N–H and O–H groups in total. The van der Waals surface area contributed by atoms with Crippen LogP contribution in [0.5, 0.6) is 0 Å². The Morgan fingerprint density at radius 2 is 2.00 bits per heavy atom. The molecule has 1 aliphatic rings. The molecule has 1 heterocycles. The summed E-state index contributed by atoms with van der Waals surface area (Å²) in [5.41, 5.74) is 7.41. The lowest BCUT2D eigenvalue weighted by atomic mass is 10.1. The van der Waals surface area contributed by atoms with Crippen LogP contribution < -0.4 is 5.73 Å². The Kier molecular flexibility index (Phi) is 5.18. The first-order valence-corrected chi connectivity index (χ1v) is 8.91. The van der Waals surface area contributed by atoms with Crippen LogP contribution in [-0.2, 0) is 22.3 Å². The number of nitrogens with two attached hydrogens (primary N) is 1. The summed E-state index contributed by atoms with van der Waals surface area (Å²) in [5.74, 6) is 0.0746. The van der Waals surface area contributed by atoms with Crippen LogP contribution in [0, 0.1) is 0 Å². The van der Waals surface area contributed by atoms with Crippen LogP contribution >= 0.6 is 0 Å². The SMILES string of the molecule is CC1CCCCCN1S(=O)(=O)Cc1cccc(CN)c1. The average molecular weight is 296 g/mol. The molecule has 0 amide bonds. The lowest BCUT2D eigenvalue weighted by molar-refractivity contribution is 0.341. The van der Waals surface area contributed by atoms with Crippen LogP contribution in [0.15, 0.2) is 24.3 Å². The fraction of sp³-hybridized carbons (Fsp3) is 0.600. The summed E-state index contributed by atoms with van der Waals surface area (Å²) >= 11 is 0. The van der Waals surface area contributed by atoms with E-state index in [1.807, 2.05) is 31.2 Å². The zero-order valence-corrected chi connectivity index (χ0v) is 12.9. The van der Waals surface area contributed by atoms with Crippen LogP contribution in [0.3, 0.4) is 0 Å². The molecule has 4 nitrogen and oxygen atoms in total. The van der Waals surface area contributed by atoms with Gasteiger partial charge in [0.15, 0.2) is 0 Å². The molecular weight excluding hydrogens is 272 g/mol. The number of rotatable bonds is 4. The van der Waals surface area contributed by atoms with Crippen LogP contribution in [0.25, 0.3) is 0 Å². The van der Waals surface area contributed by atoms with Crippen LogP contribution in [-0.4, -0.2) is 25.3 Å². The monoisotopic (exact) mass is 296 g/mol. The van der Waals surface area contributed by atoms with Crippen LogP contribution in [0.1, 0.15) is 43.7 Å². The van der Waals surface area contributed by atoms with E-state index in [1.54, 1.807) is 4.31 Å². The molecule has 1 atom stereocenters. The predicted octanol–water partition coefficient (Wildman–Crippen LogP) is 2.24. The van der Waals surface area contributed by atoms with Crippen molar-refractivity contribution in [1.82, 2.24) is 4.31 Å². The standard InChI is InChI=1S/C15H24N2O2S/c1-13-6-3-2-4-9-17(13)20(18,19)12-15-8-5-7-14(10-15)11-16/h5,7-8,10,13H,2-4,6,9,11-12,16H2,1H3. The number of sulfonamides is 1. The van der Waals surface area contributed by atoms with Crippen molar-refractivity contribution >= 4 is 10.0 Å². The highest BCUT2D eigenvalue weighted by atomic mass is 32.2. The van der Waals surface area contributed by atoms with E-state index >= 15 is 0 Å².